The topological polar surface area (TPSA) is 86.2 Å². The van der Waals surface area contributed by atoms with Crippen molar-refractivity contribution in [2.75, 3.05) is 0 Å². The van der Waals surface area contributed by atoms with E-state index in [0.29, 0.717) is 12.3 Å². The fourth-order valence-electron chi connectivity index (χ4n) is 2.42. The standard InChI is InChI=1S/C12H22N2O2/c1-2-4-9(11(13)15)10(12(14)16)7-8-5-3-6-8/h8-10H,2-7H2,1H3,(H2,13,15)(H2,14,16). The van der Waals surface area contributed by atoms with E-state index in [-0.39, 0.29) is 23.7 Å². The number of carbonyl (C=O) groups is 2. The van der Waals surface area contributed by atoms with Crippen LogP contribution in [0.1, 0.15) is 45.4 Å². The highest BCUT2D eigenvalue weighted by molar-refractivity contribution is 5.86. The van der Waals surface area contributed by atoms with Gasteiger partial charge in [0.15, 0.2) is 0 Å². The van der Waals surface area contributed by atoms with E-state index in [9.17, 15) is 9.59 Å². The molecular weight excluding hydrogens is 204 g/mol. The summed E-state index contributed by atoms with van der Waals surface area (Å²) in [6.45, 7) is 1.98. The molecule has 0 saturated heterocycles. The molecule has 1 aliphatic carbocycles. The quantitative estimate of drug-likeness (QED) is 0.683. The summed E-state index contributed by atoms with van der Waals surface area (Å²) in [5, 5.41) is 0. The molecule has 1 fully saturated rings. The first-order valence-corrected chi connectivity index (χ1v) is 6.14. The molecule has 2 atom stereocenters. The Labute approximate surface area is 96.8 Å². The Bertz CT molecular complexity index is 262. The van der Waals surface area contributed by atoms with Gasteiger partial charge in [0.25, 0.3) is 0 Å². The maximum absolute atomic E-state index is 11.4. The lowest BCUT2D eigenvalue weighted by molar-refractivity contribution is -0.132. The molecular formula is C12H22N2O2. The van der Waals surface area contributed by atoms with Gasteiger partial charge in [0.1, 0.15) is 0 Å². The summed E-state index contributed by atoms with van der Waals surface area (Å²) in [7, 11) is 0. The summed E-state index contributed by atoms with van der Waals surface area (Å²) in [5.74, 6) is -0.920. The van der Waals surface area contributed by atoms with Gasteiger partial charge in [-0.2, -0.15) is 0 Å². The van der Waals surface area contributed by atoms with Crippen LogP contribution in [-0.2, 0) is 9.59 Å². The lowest BCUT2D eigenvalue weighted by Crippen LogP contribution is -2.39. The lowest BCUT2D eigenvalue weighted by atomic mass is 9.74. The number of amides is 2. The molecule has 0 aromatic rings. The van der Waals surface area contributed by atoms with E-state index in [2.05, 4.69) is 0 Å². The van der Waals surface area contributed by atoms with Crippen molar-refractivity contribution in [3.8, 4) is 0 Å². The van der Waals surface area contributed by atoms with Gasteiger partial charge in [0.05, 0.1) is 0 Å². The Kier molecular flexibility index (Phi) is 4.77. The van der Waals surface area contributed by atoms with Crippen LogP contribution in [0, 0.1) is 17.8 Å². The summed E-state index contributed by atoms with van der Waals surface area (Å²) in [6.07, 6.45) is 5.79. The summed E-state index contributed by atoms with van der Waals surface area (Å²) in [4.78, 5) is 22.7. The van der Waals surface area contributed by atoms with Crippen LogP contribution >= 0.6 is 0 Å². The predicted molar refractivity (Wildman–Crippen MR) is 62.2 cm³/mol. The first-order chi connectivity index (χ1) is 7.56. The predicted octanol–water partition coefficient (Wildman–Crippen LogP) is 1.18. The van der Waals surface area contributed by atoms with Crippen LogP contribution in [-0.4, -0.2) is 11.8 Å². The summed E-state index contributed by atoms with van der Waals surface area (Å²) >= 11 is 0. The van der Waals surface area contributed by atoms with Crippen LogP contribution < -0.4 is 11.5 Å². The van der Waals surface area contributed by atoms with E-state index in [1.165, 1.54) is 6.42 Å². The van der Waals surface area contributed by atoms with Gasteiger partial charge >= 0.3 is 0 Å². The van der Waals surface area contributed by atoms with Crippen molar-refractivity contribution in [3.63, 3.8) is 0 Å². The number of hydrogen-bond acceptors (Lipinski definition) is 2. The normalized spacial score (nSPS) is 19.8. The third-order valence-electron chi connectivity index (χ3n) is 3.63. The van der Waals surface area contributed by atoms with Crippen molar-refractivity contribution in [2.45, 2.75) is 45.4 Å². The molecule has 2 unspecified atom stereocenters. The molecule has 0 radical (unpaired) electrons. The Balaban J connectivity index is 2.63. The molecule has 16 heavy (non-hydrogen) atoms. The minimum Gasteiger partial charge on any atom is -0.369 e. The largest absolute Gasteiger partial charge is 0.369 e. The highest BCUT2D eigenvalue weighted by Gasteiger charge is 2.33. The van der Waals surface area contributed by atoms with Crippen LogP contribution in [0.2, 0.25) is 0 Å². The van der Waals surface area contributed by atoms with E-state index in [4.69, 9.17) is 11.5 Å². The van der Waals surface area contributed by atoms with E-state index in [1.54, 1.807) is 0 Å². The summed E-state index contributed by atoms with van der Waals surface area (Å²) < 4.78 is 0. The molecule has 0 aromatic heterocycles. The molecule has 1 aliphatic rings. The monoisotopic (exact) mass is 226 g/mol. The molecule has 0 spiro atoms. The van der Waals surface area contributed by atoms with Gasteiger partial charge in [-0.3, -0.25) is 9.59 Å². The van der Waals surface area contributed by atoms with Crippen molar-refractivity contribution in [3.05, 3.63) is 0 Å². The molecule has 1 rings (SSSR count). The summed E-state index contributed by atoms with van der Waals surface area (Å²) in [6, 6.07) is 0. The third-order valence-corrected chi connectivity index (χ3v) is 3.63. The number of carbonyl (C=O) groups excluding carboxylic acids is 2. The zero-order chi connectivity index (χ0) is 12.1. The number of hydrogen-bond donors (Lipinski definition) is 2. The van der Waals surface area contributed by atoms with Crippen LogP contribution in [0.25, 0.3) is 0 Å². The highest BCUT2D eigenvalue weighted by atomic mass is 16.2. The zero-order valence-electron chi connectivity index (χ0n) is 9.95. The van der Waals surface area contributed by atoms with Gasteiger partial charge in [-0.25, -0.2) is 0 Å². The lowest BCUT2D eigenvalue weighted by Gasteiger charge is -2.31. The Morgan fingerprint density at radius 3 is 2.06 bits per heavy atom. The van der Waals surface area contributed by atoms with E-state index in [0.717, 1.165) is 25.7 Å². The first-order valence-electron chi connectivity index (χ1n) is 6.14. The van der Waals surface area contributed by atoms with Crippen molar-refractivity contribution < 1.29 is 9.59 Å². The molecule has 4 nitrogen and oxygen atoms in total. The van der Waals surface area contributed by atoms with Gasteiger partial charge in [-0.15, -0.1) is 0 Å². The second kappa shape index (κ2) is 5.87. The van der Waals surface area contributed by atoms with Crippen molar-refractivity contribution in [1.82, 2.24) is 0 Å². The second-order valence-corrected chi connectivity index (χ2v) is 4.84. The van der Waals surface area contributed by atoms with Crippen LogP contribution in [0.3, 0.4) is 0 Å². The summed E-state index contributed by atoms with van der Waals surface area (Å²) in [5.41, 5.74) is 10.7. The first kappa shape index (κ1) is 13.0. The van der Waals surface area contributed by atoms with Gasteiger partial charge in [-0.1, -0.05) is 32.6 Å². The van der Waals surface area contributed by atoms with Crippen molar-refractivity contribution >= 4 is 11.8 Å². The van der Waals surface area contributed by atoms with E-state index < -0.39 is 0 Å². The molecule has 0 heterocycles. The molecule has 4 heteroatoms. The van der Waals surface area contributed by atoms with E-state index >= 15 is 0 Å². The molecule has 0 bridgehead atoms. The van der Waals surface area contributed by atoms with Crippen LogP contribution in [0.4, 0.5) is 0 Å². The minimum atomic E-state index is -0.384. The third kappa shape index (κ3) is 3.22. The smallest absolute Gasteiger partial charge is 0.221 e. The number of nitrogens with two attached hydrogens (primary N) is 2. The van der Waals surface area contributed by atoms with Gasteiger partial charge in [-0.05, 0) is 18.8 Å². The fraction of sp³-hybridized carbons (Fsp3) is 0.833. The maximum Gasteiger partial charge on any atom is 0.221 e. The Morgan fingerprint density at radius 1 is 1.19 bits per heavy atom. The molecule has 92 valence electrons. The number of rotatable bonds is 7. The van der Waals surface area contributed by atoms with Crippen molar-refractivity contribution in [2.24, 2.45) is 29.2 Å². The van der Waals surface area contributed by atoms with Crippen molar-refractivity contribution in [1.29, 1.82) is 0 Å². The Hall–Kier alpha value is -1.06. The zero-order valence-corrected chi connectivity index (χ0v) is 9.95. The minimum absolute atomic E-state index is 0.359. The van der Waals surface area contributed by atoms with Gasteiger partial charge < -0.3 is 11.5 Å². The van der Waals surface area contributed by atoms with E-state index in [1.807, 2.05) is 6.92 Å². The molecule has 0 aliphatic heterocycles. The molecule has 2 amide bonds. The SMILES string of the molecule is CCCC(C(N)=O)C(CC1CCC1)C(N)=O. The second-order valence-electron chi connectivity index (χ2n) is 4.84. The maximum atomic E-state index is 11.4. The number of primary amides is 2. The average Bonchev–Trinajstić information content (AvgIpc) is 2.13. The molecule has 4 N–H and O–H groups in total. The van der Waals surface area contributed by atoms with Gasteiger partial charge in [0.2, 0.25) is 11.8 Å². The molecule has 0 aromatic carbocycles. The average molecular weight is 226 g/mol. The van der Waals surface area contributed by atoms with Crippen LogP contribution in [0.15, 0.2) is 0 Å². The fourth-order valence-corrected chi connectivity index (χ4v) is 2.42. The van der Waals surface area contributed by atoms with Crippen LogP contribution in [0.5, 0.6) is 0 Å². The van der Waals surface area contributed by atoms with Gasteiger partial charge in [0, 0.05) is 11.8 Å². The highest BCUT2D eigenvalue weighted by Crippen LogP contribution is 2.35. The molecule has 1 saturated carbocycles. The Morgan fingerprint density at radius 2 is 1.75 bits per heavy atom.